The molecule has 3 saturated heterocycles. The molecule has 4 heterocycles. The average Bonchev–Trinajstić information content (AvgIpc) is 3.12. The topological polar surface area (TPSA) is 65.6 Å². The van der Waals surface area contributed by atoms with Crippen LogP contribution in [0.4, 0.5) is 0 Å². The van der Waals surface area contributed by atoms with Crippen molar-refractivity contribution in [3.05, 3.63) is 30.0 Å². The van der Waals surface area contributed by atoms with Crippen molar-refractivity contribution in [1.29, 1.82) is 0 Å². The predicted molar refractivity (Wildman–Crippen MR) is 102 cm³/mol. The lowest BCUT2D eigenvalue weighted by atomic mass is 9.76. The largest absolute Gasteiger partial charge is 0.496 e. The van der Waals surface area contributed by atoms with E-state index in [0.29, 0.717) is 35.9 Å². The van der Waals surface area contributed by atoms with Gasteiger partial charge in [0.15, 0.2) is 0 Å². The molecule has 2 aromatic rings. The maximum atomic E-state index is 13.2. The number of nitrogens with one attached hydrogen (secondary N) is 1. The van der Waals surface area contributed by atoms with E-state index in [9.17, 15) is 9.59 Å². The first-order chi connectivity index (χ1) is 13.1. The number of hydrogen-bond donors (Lipinski definition) is 1. The second-order valence-corrected chi connectivity index (χ2v) is 8.18. The molecular weight excluding hydrogens is 342 g/mol. The molecular formula is C21H25N3O3. The van der Waals surface area contributed by atoms with E-state index in [1.807, 2.05) is 29.2 Å². The number of nitrogens with zero attached hydrogens (tertiary/aromatic N) is 2. The van der Waals surface area contributed by atoms with Crippen LogP contribution in [0, 0.1) is 11.8 Å². The van der Waals surface area contributed by atoms with Gasteiger partial charge in [-0.1, -0.05) is 6.07 Å². The summed E-state index contributed by atoms with van der Waals surface area (Å²) in [5.41, 5.74) is 1.53. The second-order valence-electron chi connectivity index (χ2n) is 8.18. The zero-order valence-corrected chi connectivity index (χ0v) is 15.6. The molecule has 1 aromatic heterocycles. The molecule has 1 N–H and O–H groups in total. The first-order valence-electron chi connectivity index (χ1n) is 9.88. The van der Waals surface area contributed by atoms with E-state index in [1.54, 1.807) is 7.11 Å². The van der Waals surface area contributed by atoms with Gasteiger partial charge in [0, 0.05) is 43.0 Å². The van der Waals surface area contributed by atoms with Gasteiger partial charge in [-0.3, -0.25) is 9.59 Å². The lowest BCUT2D eigenvalue weighted by Crippen LogP contribution is -2.61. The maximum absolute atomic E-state index is 13.2. The highest BCUT2D eigenvalue weighted by Gasteiger charge is 2.45. The highest BCUT2D eigenvalue weighted by molar-refractivity contribution is 5.99. The Morgan fingerprint density at radius 2 is 2.15 bits per heavy atom. The van der Waals surface area contributed by atoms with Gasteiger partial charge in [0.2, 0.25) is 5.91 Å². The fraction of sp³-hybridized carbons (Fsp3) is 0.524. The number of fused-ring (bicyclic) bond motifs is 5. The molecule has 27 heavy (non-hydrogen) atoms. The Morgan fingerprint density at radius 3 is 3.00 bits per heavy atom. The standard InChI is InChI=1S/C21H25N3O3/c1-27-19-6-2-4-16-15(19)9-17(22-16)21(26)23-10-13-8-14(12-23)18-5-3-7-20(25)24(18)11-13/h2,4,6,9,13-14,18,22H,3,5,7-8,10-12H2,1H3/t13-,14+,18+/m1/s1. The molecule has 3 aliphatic rings. The number of aromatic amines is 1. The SMILES string of the molecule is COc1cccc2[nH]c(C(=O)N3C[C@H]4C[C@@H](C3)[C@@H]3CCCC(=O)N3C4)cc12. The lowest BCUT2D eigenvalue weighted by molar-refractivity contribution is -0.144. The van der Waals surface area contributed by atoms with Crippen LogP contribution in [0.3, 0.4) is 0 Å². The highest BCUT2D eigenvalue weighted by Crippen LogP contribution is 2.38. The van der Waals surface area contributed by atoms with E-state index in [0.717, 1.165) is 55.5 Å². The van der Waals surface area contributed by atoms with Gasteiger partial charge in [0.1, 0.15) is 11.4 Å². The predicted octanol–water partition coefficient (Wildman–Crippen LogP) is 2.65. The smallest absolute Gasteiger partial charge is 0.270 e. The van der Waals surface area contributed by atoms with E-state index >= 15 is 0 Å². The molecule has 6 nitrogen and oxygen atoms in total. The van der Waals surface area contributed by atoms with Crippen LogP contribution in [-0.2, 0) is 4.79 Å². The third-order valence-electron chi connectivity index (χ3n) is 6.54. The molecule has 1 aromatic carbocycles. The Kier molecular flexibility index (Phi) is 3.88. The molecule has 3 atom stereocenters. The normalized spacial score (nSPS) is 27.6. The van der Waals surface area contributed by atoms with Crippen molar-refractivity contribution in [2.45, 2.75) is 31.7 Å². The zero-order chi connectivity index (χ0) is 18.5. The van der Waals surface area contributed by atoms with Crippen LogP contribution in [0.5, 0.6) is 5.75 Å². The van der Waals surface area contributed by atoms with Crippen LogP contribution in [0.2, 0.25) is 0 Å². The monoisotopic (exact) mass is 367 g/mol. The van der Waals surface area contributed by atoms with Crippen LogP contribution in [-0.4, -0.2) is 59.4 Å². The molecule has 142 valence electrons. The Bertz CT molecular complexity index is 905. The number of ether oxygens (including phenoxy) is 1. The maximum Gasteiger partial charge on any atom is 0.270 e. The van der Waals surface area contributed by atoms with Gasteiger partial charge >= 0.3 is 0 Å². The Morgan fingerprint density at radius 1 is 1.26 bits per heavy atom. The van der Waals surface area contributed by atoms with Crippen LogP contribution >= 0.6 is 0 Å². The van der Waals surface area contributed by atoms with Gasteiger partial charge in [-0.15, -0.1) is 0 Å². The van der Waals surface area contributed by atoms with Crippen molar-refractivity contribution >= 4 is 22.7 Å². The van der Waals surface area contributed by atoms with Crippen molar-refractivity contribution < 1.29 is 14.3 Å². The number of carbonyl (C=O) groups is 2. The van der Waals surface area contributed by atoms with E-state index in [4.69, 9.17) is 4.74 Å². The molecule has 5 rings (SSSR count). The summed E-state index contributed by atoms with van der Waals surface area (Å²) in [6.45, 7) is 2.29. The molecule has 3 aliphatic heterocycles. The van der Waals surface area contributed by atoms with Gasteiger partial charge in [-0.05, 0) is 49.3 Å². The molecule has 2 amide bonds. The Hall–Kier alpha value is -2.50. The van der Waals surface area contributed by atoms with Gasteiger partial charge < -0.3 is 19.5 Å². The molecule has 0 radical (unpaired) electrons. The Balaban J connectivity index is 1.40. The van der Waals surface area contributed by atoms with Crippen LogP contribution in [0.25, 0.3) is 10.9 Å². The van der Waals surface area contributed by atoms with E-state index in [-0.39, 0.29) is 5.91 Å². The first-order valence-corrected chi connectivity index (χ1v) is 9.88. The summed E-state index contributed by atoms with van der Waals surface area (Å²) >= 11 is 0. The summed E-state index contributed by atoms with van der Waals surface area (Å²) in [7, 11) is 1.65. The van der Waals surface area contributed by atoms with Gasteiger partial charge in [-0.25, -0.2) is 0 Å². The van der Waals surface area contributed by atoms with E-state index in [1.165, 1.54) is 0 Å². The zero-order valence-electron chi connectivity index (χ0n) is 15.6. The van der Waals surface area contributed by atoms with Crippen LogP contribution in [0.1, 0.15) is 36.2 Å². The summed E-state index contributed by atoms with van der Waals surface area (Å²) in [5.74, 6) is 1.94. The van der Waals surface area contributed by atoms with Crippen LogP contribution in [0.15, 0.2) is 24.3 Å². The van der Waals surface area contributed by atoms with Gasteiger partial charge in [-0.2, -0.15) is 0 Å². The third-order valence-corrected chi connectivity index (χ3v) is 6.54. The van der Waals surface area contributed by atoms with Crippen molar-refractivity contribution in [2.75, 3.05) is 26.7 Å². The summed E-state index contributed by atoms with van der Waals surface area (Å²) in [6, 6.07) is 8.01. The molecule has 2 bridgehead atoms. The Labute approximate surface area is 158 Å². The van der Waals surface area contributed by atoms with E-state index < -0.39 is 0 Å². The van der Waals surface area contributed by atoms with Crippen molar-refractivity contribution in [3.8, 4) is 5.75 Å². The van der Waals surface area contributed by atoms with Gasteiger partial charge in [0.05, 0.1) is 7.11 Å². The lowest BCUT2D eigenvalue weighted by Gasteiger charge is -2.52. The first kappa shape index (κ1) is 16.7. The average molecular weight is 367 g/mol. The van der Waals surface area contributed by atoms with Crippen LogP contribution < -0.4 is 4.74 Å². The minimum absolute atomic E-state index is 0.0542. The molecule has 6 heteroatoms. The molecule has 0 aliphatic carbocycles. The van der Waals surface area contributed by atoms with Crippen molar-refractivity contribution in [1.82, 2.24) is 14.8 Å². The van der Waals surface area contributed by atoms with Gasteiger partial charge in [0.25, 0.3) is 5.91 Å². The summed E-state index contributed by atoms with van der Waals surface area (Å²) < 4.78 is 5.41. The summed E-state index contributed by atoms with van der Waals surface area (Å²) in [4.78, 5) is 32.8. The molecule has 3 fully saturated rings. The third kappa shape index (κ3) is 2.69. The fourth-order valence-electron chi connectivity index (χ4n) is 5.37. The number of hydrogen-bond acceptors (Lipinski definition) is 3. The summed E-state index contributed by atoms with van der Waals surface area (Å²) in [5, 5.41) is 0.935. The second kappa shape index (κ2) is 6.29. The number of rotatable bonds is 2. The molecule has 0 unspecified atom stereocenters. The number of aromatic nitrogens is 1. The number of H-pyrrole nitrogens is 1. The van der Waals surface area contributed by atoms with E-state index in [2.05, 4.69) is 9.88 Å². The molecule has 0 spiro atoms. The quantitative estimate of drug-likeness (QED) is 0.887. The number of piperidine rings is 3. The minimum atomic E-state index is 0.0542. The number of benzene rings is 1. The number of amides is 2. The number of carbonyl (C=O) groups excluding carboxylic acids is 2. The molecule has 0 saturated carbocycles. The number of likely N-dealkylation sites (tertiary alicyclic amines) is 1. The summed E-state index contributed by atoms with van der Waals surface area (Å²) in [6.07, 6.45) is 3.89. The minimum Gasteiger partial charge on any atom is -0.496 e. The van der Waals surface area contributed by atoms with Crippen molar-refractivity contribution in [3.63, 3.8) is 0 Å². The van der Waals surface area contributed by atoms with Crippen molar-refractivity contribution in [2.24, 2.45) is 11.8 Å². The fourth-order valence-corrected chi connectivity index (χ4v) is 5.37. The highest BCUT2D eigenvalue weighted by atomic mass is 16.5. The number of methoxy groups -OCH3 is 1.